The van der Waals surface area contributed by atoms with Crippen molar-refractivity contribution < 1.29 is 4.74 Å². The molecule has 0 bridgehead atoms. The van der Waals surface area contributed by atoms with E-state index in [2.05, 4.69) is 10.5 Å². The van der Waals surface area contributed by atoms with Gasteiger partial charge in [0.15, 0.2) is 0 Å². The van der Waals surface area contributed by atoms with Crippen molar-refractivity contribution in [1.29, 1.82) is 0 Å². The summed E-state index contributed by atoms with van der Waals surface area (Å²) in [6.45, 7) is 0. The van der Waals surface area contributed by atoms with Crippen LogP contribution in [-0.4, -0.2) is 16.9 Å². The molecule has 18 heavy (non-hydrogen) atoms. The maximum atomic E-state index is 5.63. The zero-order valence-corrected chi connectivity index (χ0v) is 10.6. The van der Waals surface area contributed by atoms with E-state index in [9.17, 15) is 0 Å². The maximum Gasteiger partial charge on any atom is 0.119 e. The summed E-state index contributed by atoms with van der Waals surface area (Å²) in [5.74, 6) is 6.47. The second-order valence-corrected chi connectivity index (χ2v) is 4.22. The average molecular weight is 246 g/mol. The van der Waals surface area contributed by atoms with Gasteiger partial charge in [-0.3, -0.25) is 16.0 Å². The van der Waals surface area contributed by atoms with Gasteiger partial charge in [0.2, 0.25) is 0 Å². The summed E-state index contributed by atoms with van der Waals surface area (Å²) in [5.41, 5.74) is 5.07. The van der Waals surface area contributed by atoms with Crippen LogP contribution in [-0.2, 0) is 13.5 Å². The fraction of sp³-hybridized carbons (Fsp3) is 0.308. The fourth-order valence-corrected chi connectivity index (χ4v) is 1.94. The predicted octanol–water partition coefficient (Wildman–Crippen LogP) is 1.18. The minimum atomic E-state index is 0.0456. The van der Waals surface area contributed by atoms with Crippen molar-refractivity contribution in [3.8, 4) is 5.75 Å². The molecule has 0 saturated carbocycles. The first-order valence-electron chi connectivity index (χ1n) is 5.80. The Balaban J connectivity index is 2.17. The minimum Gasteiger partial charge on any atom is -0.497 e. The first-order valence-corrected chi connectivity index (χ1v) is 5.80. The van der Waals surface area contributed by atoms with Crippen LogP contribution in [0.4, 0.5) is 0 Å². The molecular weight excluding hydrogens is 228 g/mol. The van der Waals surface area contributed by atoms with E-state index in [-0.39, 0.29) is 6.04 Å². The summed E-state index contributed by atoms with van der Waals surface area (Å²) >= 11 is 0. The average Bonchev–Trinajstić information content (AvgIpc) is 2.81. The summed E-state index contributed by atoms with van der Waals surface area (Å²) in [6, 6.07) is 7.94. The van der Waals surface area contributed by atoms with Crippen LogP contribution >= 0.6 is 0 Å². The van der Waals surface area contributed by atoms with Gasteiger partial charge in [0.05, 0.1) is 19.3 Å². The van der Waals surface area contributed by atoms with Gasteiger partial charge in [-0.25, -0.2) is 0 Å². The van der Waals surface area contributed by atoms with Gasteiger partial charge in [0, 0.05) is 13.2 Å². The number of hydrazine groups is 1. The smallest absolute Gasteiger partial charge is 0.119 e. The third-order valence-corrected chi connectivity index (χ3v) is 2.90. The summed E-state index contributed by atoms with van der Waals surface area (Å²) < 4.78 is 7.00. The highest BCUT2D eigenvalue weighted by Crippen LogP contribution is 2.21. The number of hydrogen-bond acceptors (Lipinski definition) is 4. The molecule has 5 heteroatoms. The van der Waals surface area contributed by atoms with Crippen LogP contribution in [0.3, 0.4) is 0 Å². The Labute approximate surface area is 107 Å². The molecule has 1 unspecified atom stereocenters. The van der Waals surface area contributed by atoms with Crippen LogP contribution in [0, 0.1) is 0 Å². The predicted molar refractivity (Wildman–Crippen MR) is 70.0 cm³/mol. The number of nitrogens with one attached hydrogen (secondary N) is 1. The van der Waals surface area contributed by atoms with Gasteiger partial charge in [-0.2, -0.15) is 5.10 Å². The van der Waals surface area contributed by atoms with E-state index in [4.69, 9.17) is 10.6 Å². The lowest BCUT2D eigenvalue weighted by Crippen LogP contribution is -2.29. The lowest BCUT2D eigenvalue weighted by molar-refractivity contribution is 0.413. The first-order chi connectivity index (χ1) is 8.72. The van der Waals surface area contributed by atoms with Crippen LogP contribution in [0.25, 0.3) is 0 Å². The monoisotopic (exact) mass is 246 g/mol. The Morgan fingerprint density at radius 2 is 2.33 bits per heavy atom. The number of nitrogens with zero attached hydrogens (tertiary/aromatic N) is 2. The molecular formula is C13H18N4O. The van der Waals surface area contributed by atoms with Gasteiger partial charge < -0.3 is 4.74 Å². The van der Waals surface area contributed by atoms with E-state index in [1.54, 1.807) is 11.8 Å². The summed E-state index contributed by atoms with van der Waals surface area (Å²) in [4.78, 5) is 0. The third kappa shape index (κ3) is 2.88. The van der Waals surface area contributed by atoms with Gasteiger partial charge in [-0.05, 0) is 29.7 Å². The molecule has 0 aliphatic heterocycles. The number of aromatic nitrogens is 2. The Morgan fingerprint density at radius 3 is 2.94 bits per heavy atom. The number of nitrogens with two attached hydrogens (primary N) is 1. The van der Waals surface area contributed by atoms with E-state index < -0.39 is 0 Å². The maximum absolute atomic E-state index is 5.63. The molecule has 5 nitrogen and oxygen atoms in total. The second-order valence-electron chi connectivity index (χ2n) is 4.22. The SMILES string of the molecule is COc1cccc(C(Cc2cnn(C)c2)NN)c1. The van der Waals surface area contributed by atoms with E-state index in [0.29, 0.717) is 0 Å². The molecule has 1 heterocycles. The van der Waals surface area contributed by atoms with Crippen molar-refractivity contribution in [1.82, 2.24) is 15.2 Å². The molecule has 0 fully saturated rings. The highest BCUT2D eigenvalue weighted by Gasteiger charge is 2.12. The summed E-state index contributed by atoms with van der Waals surface area (Å²) in [6.07, 6.45) is 4.63. The summed E-state index contributed by atoms with van der Waals surface area (Å²) in [7, 11) is 3.56. The van der Waals surface area contributed by atoms with Crippen molar-refractivity contribution >= 4 is 0 Å². The molecule has 2 rings (SSSR count). The molecule has 1 atom stereocenters. The van der Waals surface area contributed by atoms with Gasteiger partial charge in [0.1, 0.15) is 5.75 Å². The first kappa shape index (κ1) is 12.6. The zero-order chi connectivity index (χ0) is 13.0. The van der Waals surface area contributed by atoms with E-state index in [1.807, 2.05) is 43.7 Å². The molecule has 0 radical (unpaired) electrons. The van der Waals surface area contributed by atoms with Gasteiger partial charge >= 0.3 is 0 Å². The largest absolute Gasteiger partial charge is 0.497 e. The van der Waals surface area contributed by atoms with Crippen LogP contribution in [0.1, 0.15) is 17.2 Å². The molecule has 0 saturated heterocycles. The third-order valence-electron chi connectivity index (χ3n) is 2.90. The number of methoxy groups -OCH3 is 1. The lowest BCUT2D eigenvalue weighted by atomic mass is 10.0. The highest BCUT2D eigenvalue weighted by molar-refractivity contribution is 5.31. The Bertz CT molecular complexity index is 509. The molecule has 0 spiro atoms. The Hall–Kier alpha value is -1.85. The molecule has 2 aromatic rings. The van der Waals surface area contributed by atoms with Crippen molar-refractivity contribution in [2.75, 3.05) is 7.11 Å². The molecule has 0 aliphatic rings. The minimum absolute atomic E-state index is 0.0456. The molecule has 96 valence electrons. The topological polar surface area (TPSA) is 65.1 Å². The quantitative estimate of drug-likeness (QED) is 0.614. The summed E-state index contributed by atoms with van der Waals surface area (Å²) in [5, 5.41) is 4.15. The van der Waals surface area contributed by atoms with Gasteiger partial charge in [-0.15, -0.1) is 0 Å². The molecule has 1 aromatic carbocycles. The number of aryl methyl sites for hydroxylation is 1. The second kappa shape index (κ2) is 5.66. The normalized spacial score (nSPS) is 12.4. The van der Waals surface area contributed by atoms with E-state index in [1.165, 1.54) is 0 Å². The van der Waals surface area contributed by atoms with Crippen LogP contribution in [0.2, 0.25) is 0 Å². The number of ether oxygens (including phenoxy) is 1. The Morgan fingerprint density at radius 1 is 1.50 bits per heavy atom. The highest BCUT2D eigenvalue weighted by atomic mass is 16.5. The van der Waals surface area contributed by atoms with Crippen molar-refractivity contribution in [2.24, 2.45) is 12.9 Å². The number of rotatable bonds is 5. The number of benzene rings is 1. The van der Waals surface area contributed by atoms with Crippen LogP contribution in [0.5, 0.6) is 5.75 Å². The zero-order valence-electron chi connectivity index (χ0n) is 10.6. The molecule has 0 aliphatic carbocycles. The van der Waals surface area contributed by atoms with Crippen LogP contribution < -0.4 is 16.0 Å². The molecule has 3 N–H and O–H groups in total. The van der Waals surface area contributed by atoms with Crippen LogP contribution in [0.15, 0.2) is 36.7 Å². The lowest BCUT2D eigenvalue weighted by Gasteiger charge is -2.16. The van der Waals surface area contributed by atoms with Crippen molar-refractivity contribution in [2.45, 2.75) is 12.5 Å². The number of hydrogen-bond donors (Lipinski definition) is 2. The van der Waals surface area contributed by atoms with Crippen molar-refractivity contribution in [3.05, 3.63) is 47.8 Å². The molecule has 0 amide bonds. The van der Waals surface area contributed by atoms with E-state index >= 15 is 0 Å². The van der Waals surface area contributed by atoms with Gasteiger partial charge in [0.25, 0.3) is 0 Å². The standard InChI is InChI=1S/C13H18N4O/c1-17-9-10(8-15-17)6-13(16-14)11-4-3-5-12(7-11)18-2/h3-5,7-9,13,16H,6,14H2,1-2H3. The molecule has 1 aromatic heterocycles. The van der Waals surface area contributed by atoms with Gasteiger partial charge in [-0.1, -0.05) is 12.1 Å². The fourth-order valence-electron chi connectivity index (χ4n) is 1.94. The Kier molecular flexibility index (Phi) is 3.96. The van der Waals surface area contributed by atoms with E-state index in [0.717, 1.165) is 23.3 Å². The van der Waals surface area contributed by atoms with Crippen molar-refractivity contribution in [3.63, 3.8) is 0 Å².